The van der Waals surface area contributed by atoms with E-state index in [0.717, 1.165) is 28.9 Å². The first-order chi connectivity index (χ1) is 14.7. The molecule has 3 aromatic carbocycles. The summed E-state index contributed by atoms with van der Waals surface area (Å²) in [5.74, 6) is 1.13. The summed E-state index contributed by atoms with van der Waals surface area (Å²) >= 11 is 0. The third kappa shape index (κ3) is 6.21. The topological polar surface area (TPSA) is 59.9 Å². The number of nitrogens with one attached hydrogen (secondary N) is 1. The molecular weight excluding hydrogens is 376 g/mol. The van der Waals surface area contributed by atoms with Crippen LogP contribution < -0.4 is 14.9 Å². The number of hydrazone groups is 1. The second kappa shape index (κ2) is 10.8. The normalized spacial score (nSPS) is 11.8. The van der Waals surface area contributed by atoms with Gasteiger partial charge >= 0.3 is 0 Å². The fourth-order valence-electron chi connectivity index (χ4n) is 2.75. The lowest BCUT2D eigenvalue weighted by atomic mass is 10.1. The minimum absolute atomic E-state index is 0.318. The van der Waals surface area contributed by atoms with Crippen molar-refractivity contribution < 1.29 is 14.3 Å². The molecule has 154 valence electrons. The summed E-state index contributed by atoms with van der Waals surface area (Å²) < 4.78 is 11.3. The molecule has 1 atom stereocenters. The third-order valence-electron chi connectivity index (χ3n) is 4.38. The smallest absolute Gasteiger partial charge is 0.280 e. The van der Waals surface area contributed by atoms with E-state index in [1.54, 1.807) is 13.1 Å². The van der Waals surface area contributed by atoms with Crippen molar-refractivity contribution in [1.82, 2.24) is 5.43 Å². The fourth-order valence-corrected chi connectivity index (χ4v) is 2.75. The van der Waals surface area contributed by atoms with Crippen molar-refractivity contribution in [3.8, 4) is 22.6 Å². The first-order valence-electron chi connectivity index (χ1n) is 10.0. The first kappa shape index (κ1) is 21.1. The molecule has 0 unspecified atom stereocenters. The van der Waals surface area contributed by atoms with Gasteiger partial charge in [-0.2, -0.15) is 5.10 Å². The number of carbonyl (C=O) groups is 1. The summed E-state index contributed by atoms with van der Waals surface area (Å²) in [4.78, 5) is 12.2. The van der Waals surface area contributed by atoms with Crippen molar-refractivity contribution >= 4 is 12.1 Å². The molecular formula is C25H26N2O3. The second-order valence-corrected chi connectivity index (χ2v) is 6.80. The minimum atomic E-state index is -0.672. The van der Waals surface area contributed by atoms with E-state index in [1.165, 1.54) is 0 Å². The molecule has 0 heterocycles. The molecule has 5 heteroatoms. The zero-order valence-corrected chi connectivity index (χ0v) is 17.2. The molecule has 0 spiro atoms. The highest BCUT2D eigenvalue weighted by atomic mass is 16.5. The molecule has 3 aromatic rings. The lowest BCUT2D eigenvalue weighted by molar-refractivity contribution is -0.127. The Morgan fingerprint density at radius 1 is 0.933 bits per heavy atom. The summed E-state index contributed by atoms with van der Waals surface area (Å²) in [6.07, 6.45) is 1.88. The van der Waals surface area contributed by atoms with E-state index in [1.807, 2.05) is 66.7 Å². The molecule has 30 heavy (non-hydrogen) atoms. The van der Waals surface area contributed by atoms with Crippen molar-refractivity contribution in [3.05, 3.63) is 84.4 Å². The molecule has 0 saturated carbocycles. The average Bonchev–Trinajstić information content (AvgIpc) is 2.79. The predicted octanol–water partition coefficient (Wildman–Crippen LogP) is 5.06. The quantitative estimate of drug-likeness (QED) is 0.402. The van der Waals surface area contributed by atoms with Crippen molar-refractivity contribution in [2.24, 2.45) is 5.10 Å². The van der Waals surface area contributed by atoms with Crippen LogP contribution in [0.1, 0.15) is 25.8 Å². The summed E-state index contributed by atoms with van der Waals surface area (Å²) in [7, 11) is 0. The number of hydrogen-bond acceptors (Lipinski definition) is 4. The van der Waals surface area contributed by atoms with E-state index < -0.39 is 6.10 Å². The van der Waals surface area contributed by atoms with E-state index in [-0.39, 0.29) is 5.91 Å². The first-order valence-corrected chi connectivity index (χ1v) is 10.0. The number of nitrogens with zero attached hydrogens (tertiary/aromatic N) is 1. The number of benzene rings is 3. The van der Waals surface area contributed by atoms with Gasteiger partial charge in [0.2, 0.25) is 0 Å². The van der Waals surface area contributed by atoms with Crippen LogP contribution in [-0.2, 0) is 4.79 Å². The minimum Gasteiger partial charge on any atom is -0.494 e. The molecule has 1 amide bonds. The Kier molecular flexibility index (Phi) is 7.61. The van der Waals surface area contributed by atoms with E-state index in [9.17, 15) is 4.79 Å². The summed E-state index contributed by atoms with van der Waals surface area (Å²) in [6.45, 7) is 4.44. The van der Waals surface area contributed by atoms with Crippen LogP contribution in [0, 0.1) is 0 Å². The molecule has 0 bridgehead atoms. The van der Waals surface area contributed by atoms with Crippen molar-refractivity contribution in [2.45, 2.75) is 26.4 Å². The Labute approximate surface area is 177 Å². The predicted molar refractivity (Wildman–Crippen MR) is 120 cm³/mol. The molecule has 0 saturated heterocycles. The van der Waals surface area contributed by atoms with Crippen LogP contribution in [0.2, 0.25) is 0 Å². The maximum absolute atomic E-state index is 12.2. The van der Waals surface area contributed by atoms with Gasteiger partial charge in [-0.3, -0.25) is 4.79 Å². The Bertz CT molecular complexity index is 952. The molecule has 0 radical (unpaired) electrons. The van der Waals surface area contributed by atoms with E-state index in [2.05, 4.69) is 29.6 Å². The van der Waals surface area contributed by atoms with Crippen LogP contribution in [0.15, 0.2) is 84.0 Å². The van der Waals surface area contributed by atoms with Crippen molar-refractivity contribution in [1.29, 1.82) is 0 Å². The van der Waals surface area contributed by atoms with Gasteiger partial charge in [0.15, 0.2) is 6.10 Å². The molecule has 0 fully saturated rings. The molecule has 1 N–H and O–H groups in total. The summed E-state index contributed by atoms with van der Waals surface area (Å²) in [5.41, 5.74) is 5.60. The Morgan fingerprint density at radius 2 is 1.57 bits per heavy atom. The zero-order valence-electron chi connectivity index (χ0n) is 17.2. The van der Waals surface area contributed by atoms with Gasteiger partial charge in [-0.05, 0) is 66.4 Å². The zero-order chi connectivity index (χ0) is 21.2. The Hall–Kier alpha value is -3.60. The van der Waals surface area contributed by atoms with Gasteiger partial charge in [-0.1, -0.05) is 49.4 Å². The summed E-state index contributed by atoms with van der Waals surface area (Å²) in [5, 5.41) is 4.00. The van der Waals surface area contributed by atoms with E-state index >= 15 is 0 Å². The lowest BCUT2D eigenvalue weighted by Gasteiger charge is -2.13. The van der Waals surface area contributed by atoms with Crippen LogP contribution in [0.4, 0.5) is 0 Å². The maximum atomic E-state index is 12.2. The number of hydrogen-bond donors (Lipinski definition) is 1. The second-order valence-electron chi connectivity index (χ2n) is 6.80. The van der Waals surface area contributed by atoms with Gasteiger partial charge in [0, 0.05) is 0 Å². The van der Waals surface area contributed by atoms with E-state index in [4.69, 9.17) is 9.47 Å². The van der Waals surface area contributed by atoms with Crippen LogP contribution in [-0.4, -0.2) is 24.8 Å². The molecule has 5 nitrogen and oxygen atoms in total. The monoisotopic (exact) mass is 402 g/mol. The third-order valence-corrected chi connectivity index (χ3v) is 4.38. The van der Waals surface area contributed by atoms with Crippen molar-refractivity contribution in [3.63, 3.8) is 0 Å². The van der Waals surface area contributed by atoms with Crippen LogP contribution in [0.25, 0.3) is 11.1 Å². The highest BCUT2D eigenvalue weighted by Crippen LogP contribution is 2.22. The van der Waals surface area contributed by atoms with Gasteiger partial charge in [-0.25, -0.2) is 5.43 Å². The maximum Gasteiger partial charge on any atom is 0.280 e. The average molecular weight is 402 g/mol. The molecule has 0 aromatic heterocycles. The van der Waals surface area contributed by atoms with Gasteiger partial charge in [0.25, 0.3) is 5.91 Å². The highest BCUT2D eigenvalue weighted by molar-refractivity contribution is 5.84. The van der Waals surface area contributed by atoms with Crippen LogP contribution in [0.5, 0.6) is 11.5 Å². The van der Waals surface area contributed by atoms with Gasteiger partial charge in [-0.15, -0.1) is 0 Å². The molecule has 0 aliphatic carbocycles. The van der Waals surface area contributed by atoms with Crippen LogP contribution >= 0.6 is 0 Å². The highest BCUT2D eigenvalue weighted by Gasteiger charge is 2.13. The largest absolute Gasteiger partial charge is 0.494 e. The van der Waals surface area contributed by atoms with Crippen molar-refractivity contribution in [2.75, 3.05) is 6.61 Å². The number of amides is 1. The fraction of sp³-hybridized carbons (Fsp3) is 0.200. The SMILES string of the molecule is CCCOc1ccc(/C=N/NC(=O)[C@H](C)Oc2ccc(-c3ccccc3)cc2)cc1. The van der Waals surface area contributed by atoms with Gasteiger partial charge in [0.1, 0.15) is 11.5 Å². The Morgan fingerprint density at radius 3 is 2.23 bits per heavy atom. The number of carbonyl (C=O) groups excluding carboxylic acids is 1. The summed E-state index contributed by atoms with van der Waals surface area (Å²) in [6, 6.07) is 25.3. The van der Waals surface area contributed by atoms with Gasteiger partial charge < -0.3 is 9.47 Å². The standard InChI is InChI=1S/C25H26N2O3/c1-3-17-29-23-13-9-20(10-14-23)18-26-27-25(28)19(2)30-24-15-11-22(12-16-24)21-7-5-4-6-8-21/h4-16,18-19H,3,17H2,1-2H3,(H,27,28)/b26-18+/t19-/m0/s1. The molecule has 0 aliphatic heterocycles. The van der Waals surface area contributed by atoms with Gasteiger partial charge in [0.05, 0.1) is 12.8 Å². The Balaban J connectivity index is 1.49. The number of ether oxygens (including phenoxy) is 2. The molecule has 3 rings (SSSR count). The lowest BCUT2D eigenvalue weighted by Crippen LogP contribution is -2.33. The molecule has 0 aliphatic rings. The van der Waals surface area contributed by atoms with E-state index in [0.29, 0.717) is 12.4 Å². The van der Waals surface area contributed by atoms with Crippen LogP contribution in [0.3, 0.4) is 0 Å². The number of rotatable bonds is 9.